The molecule has 0 bridgehead atoms. The minimum absolute atomic E-state index is 0.573. The summed E-state index contributed by atoms with van der Waals surface area (Å²) in [4.78, 5) is 4.05. The topological polar surface area (TPSA) is 31.4 Å². The SMILES string of the molecule is CCCOCCOc1ccc(Br)nc1. The molecule has 0 aliphatic carbocycles. The van der Waals surface area contributed by atoms with Crippen LogP contribution in [-0.4, -0.2) is 24.8 Å². The Bertz CT molecular complexity index is 251. The van der Waals surface area contributed by atoms with Gasteiger partial charge >= 0.3 is 0 Å². The number of hydrogen-bond donors (Lipinski definition) is 0. The molecule has 0 radical (unpaired) electrons. The Morgan fingerprint density at radius 1 is 1.29 bits per heavy atom. The van der Waals surface area contributed by atoms with Gasteiger partial charge in [0.25, 0.3) is 0 Å². The zero-order valence-electron chi connectivity index (χ0n) is 8.20. The number of pyridine rings is 1. The van der Waals surface area contributed by atoms with Gasteiger partial charge in [0.2, 0.25) is 0 Å². The maximum atomic E-state index is 5.40. The third-order valence-electron chi connectivity index (χ3n) is 1.55. The molecule has 0 fully saturated rings. The Kier molecular flexibility index (Phi) is 5.56. The molecule has 14 heavy (non-hydrogen) atoms. The second kappa shape index (κ2) is 6.79. The van der Waals surface area contributed by atoms with E-state index in [2.05, 4.69) is 27.8 Å². The molecule has 78 valence electrons. The summed E-state index contributed by atoms with van der Waals surface area (Å²) >= 11 is 3.26. The molecule has 0 atom stereocenters. The molecule has 0 aliphatic heterocycles. The van der Waals surface area contributed by atoms with Crippen LogP contribution in [0.2, 0.25) is 0 Å². The van der Waals surface area contributed by atoms with E-state index in [1.807, 2.05) is 12.1 Å². The van der Waals surface area contributed by atoms with Crippen LogP contribution in [0.3, 0.4) is 0 Å². The van der Waals surface area contributed by atoms with Crippen molar-refractivity contribution in [3.05, 3.63) is 22.9 Å². The van der Waals surface area contributed by atoms with Crippen molar-refractivity contribution in [1.29, 1.82) is 0 Å². The van der Waals surface area contributed by atoms with Gasteiger partial charge in [-0.2, -0.15) is 0 Å². The minimum Gasteiger partial charge on any atom is -0.490 e. The van der Waals surface area contributed by atoms with Gasteiger partial charge < -0.3 is 9.47 Å². The predicted octanol–water partition coefficient (Wildman–Crippen LogP) is 2.65. The lowest BCUT2D eigenvalue weighted by atomic mass is 10.5. The molecular weight excluding hydrogens is 246 g/mol. The summed E-state index contributed by atoms with van der Waals surface area (Å²) in [6, 6.07) is 3.72. The maximum Gasteiger partial charge on any atom is 0.137 e. The quantitative estimate of drug-likeness (QED) is 0.582. The normalized spacial score (nSPS) is 10.1. The Morgan fingerprint density at radius 3 is 2.79 bits per heavy atom. The number of hydrogen-bond acceptors (Lipinski definition) is 3. The molecule has 0 unspecified atom stereocenters. The number of aromatic nitrogens is 1. The van der Waals surface area contributed by atoms with Crippen molar-refractivity contribution in [2.75, 3.05) is 19.8 Å². The van der Waals surface area contributed by atoms with Gasteiger partial charge in [0, 0.05) is 6.61 Å². The lowest BCUT2D eigenvalue weighted by Gasteiger charge is -2.05. The van der Waals surface area contributed by atoms with E-state index in [4.69, 9.17) is 9.47 Å². The Labute approximate surface area is 92.6 Å². The van der Waals surface area contributed by atoms with Gasteiger partial charge in [0.15, 0.2) is 0 Å². The molecule has 1 rings (SSSR count). The largest absolute Gasteiger partial charge is 0.490 e. The monoisotopic (exact) mass is 259 g/mol. The summed E-state index contributed by atoms with van der Waals surface area (Å²) in [6.45, 7) is 4.08. The first-order valence-electron chi connectivity index (χ1n) is 4.65. The van der Waals surface area contributed by atoms with Gasteiger partial charge in [-0.25, -0.2) is 4.98 Å². The van der Waals surface area contributed by atoms with Crippen molar-refractivity contribution in [3.8, 4) is 5.75 Å². The molecule has 0 amide bonds. The van der Waals surface area contributed by atoms with Gasteiger partial charge in [-0.15, -0.1) is 0 Å². The second-order valence-electron chi connectivity index (χ2n) is 2.78. The van der Waals surface area contributed by atoms with Crippen LogP contribution in [0.5, 0.6) is 5.75 Å². The van der Waals surface area contributed by atoms with Crippen LogP contribution in [0.4, 0.5) is 0 Å². The fourth-order valence-electron chi connectivity index (χ4n) is 0.912. The Hall–Kier alpha value is -0.610. The summed E-state index contributed by atoms with van der Waals surface area (Å²) < 4.78 is 11.5. The van der Waals surface area contributed by atoms with E-state index in [-0.39, 0.29) is 0 Å². The number of rotatable bonds is 6. The molecular formula is C10H14BrNO2. The van der Waals surface area contributed by atoms with Crippen LogP contribution in [0.25, 0.3) is 0 Å². The Balaban J connectivity index is 2.15. The van der Waals surface area contributed by atoms with Gasteiger partial charge in [-0.05, 0) is 34.5 Å². The highest BCUT2D eigenvalue weighted by Crippen LogP contribution is 2.12. The molecule has 0 saturated heterocycles. The van der Waals surface area contributed by atoms with Crippen molar-refractivity contribution in [2.24, 2.45) is 0 Å². The smallest absolute Gasteiger partial charge is 0.137 e. The van der Waals surface area contributed by atoms with Gasteiger partial charge in [-0.3, -0.25) is 0 Å². The van der Waals surface area contributed by atoms with E-state index < -0.39 is 0 Å². The van der Waals surface area contributed by atoms with Crippen LogP contribution in [0.15, 0.2) is 22.9 Å². The first-order valence-corrected chi connectivity index (χ1v) is 5.44. The summed E-state index contributed by atoms with van der Waals surface area (Å²) in [7, 11) is 0. The lowest BCUT2D eigenvalue weighted by molar-refractivity contribution is 0.100. The van der Waals surface area contributed by atoms with E-state index >= 15 is 0 Å². The predicted molar refractivity (Wildman–Crippen MR) is 58.5 cm³/mol. The maximum absolute atomic E-state index is 5.40. The molecule has 1 aromatic heterocycles. The average Bonchev–Trinajstić information content (AvgIpc) is 2.21. The van der Waals surface area contributed by atoms with Gasteiger partial charge in [0.05, 0.1) is 12.8 Å². The molecule has 1 aromatic rings. The zero-order chi connectivity index (χ0) is 10.2. The first kappa shape index (κ1) is 11.5. The molecule has 0 N–H and O–H groups in total. The van der Waals surface area contributed by atoms with Crippen LogP contribution in [0.1, 0.15) is 13.3 Å². The average molecular weight is 260 g/mol. The molecule has 1 heterocycles. The summed E-state index contributed by atoms with van der Waals surface area (Å²) in [5.74, 6) is 0.772. The van der Waals surface area contributed by atoms with E-state index in [0.29, 0.717) is 13.2 Å². The van der Waals surface area contributed by atoms with Crippen molar-refractivity contribution in [2.45, 2.75) is 13.3 Å². The molecule has 0 aromatic carbocycles. The third kappa shape index (κ3) is 4.58. The fourth-order valence-corrected chi connectivity index (χ4v) is 1.15. The van der Waals surface area contributed by atoms with Crippen molar-refractivity contribution in [3.63, 3.8) is 0 Å². The highest BCUT2D eigenvalue weighted by molar-refractivity contribution is 9.10. The number of nitrogens with zero attached hydrogens (tertiary/aromatic N) is 1. The standard InChI is InChI=1S/C10H14BrNO2/c1-2-5-13-6-7-14-9-3-4-10(11)12-8-9/h3-4,8H,2,5-7H2,1H3. The van der Waals surface area contributed by atoms with E-state index in [1.54, 1.807) is 6.20 Å². The third-order valence-corrected chi connectivity index (χ3v) is 2.01. The van der Waals surface area contributed by atoms with Gasteiger partial charge in [-0.1, -0.05) is 6.92 Å². The van der Waals surface area contributed by atoms with Crippen LogP contribution in [-0.2, 0) is 4.74 Å². The van der Waals surface area contributed by atoms with E-state index in [9.17, 15) is 0 Å². The van der Waals surface area contributed by atoms with Gasteiger partial charge in [0.1, 0.15) is 17.0 Å². The van der Waals surface area contributed by atoms with Crippen LogP contribution >= 0.6 is 15.9 Å². The summed E-state index contributed by atoms with van der Waals surface area (Å²) in [5.41, 5.74) is 0. The highest BCUT2D eigenvalue weighted by atomic mass is 79.9. The fraction of sp³-hybridized carbons (Fsp3) is 0.500. The Morgan fingerprint density at radius 2 is 2.14 bits per heavy atom. The van der Waals surface area contributed by atoms with Crippen LogP contribution in [0, 0.1) is 0 Å². The first-order chi connectivity index (χ1) is 6.83. The molecule has 0 saturated carbocycles. The van der Waals surface area contributed by atoms with Crippen molar-refractivity contribution < 1.29 is 9.47 Å². The minimum atomic E-state index is 0.573. The lowest BCUT2D eigenvalue weighted by Crippen LogP contribution is -2.07. The van der Waals surface area contributed by atoms with E-state index in [1.165, 1.54) is 0 Å². The molecule has 4 heteroatoms. The molecule has 3 nitrogen and oxygen atoms in total. The highest BCUT2D eigenvalue weighted by Gasteiger charge is 1.94. The molecule has 0 aliphatic rings. The zero-order valence-corrected chi connectivity index (χ0v) is 9.79. The summed E-state index contributed by atoms with van der Waals surface area (Å²) in [6.07, 6.45) is 2.73. The summed E-state index contributed by atoms with van der Waals surface area (Å²) in [5, 5.41) is 0. The molecule has 0 spiro atoms. The number of halogens is 1. The second-order valence-corrected chi connectivity index (χ2v) is 3.59. The van der Waals surface area contributed by atoms with Crippen molar-refractivity contribution >= 4 is 15.9 Å². The number of ether oxygens (including phenoxy) is 2. The van der Waals surface area contributed by atoms with Crippen LogP contribution < -0.4 is 4.74 Å². The van der Waals surface area contributed by atoms with Crippen molar-refractivity contribution in [1.82, 2.24) is 4.98 Å². The van der Waals surface area contributed by atoms with E-state index in [0.717, 1.165) is 23.4 Å².